The fourth-order valence-electron chi connectivity index (χ4n) is 2.69. The van der Waals surface area contributed by atoms with Crippen molar-refractivity contribution in [2.75, 3.05) is 0 Å². The first-order valence-corrected chi connectivity index (χ1v) is 8.83. The normalized spacial score (nSPS) is 12.2. The third-order valence-electron chi connectivity index (χ3n) is 4.35. The van der Waals surface area contributed by atoms with Crippen molar-refractivity contribution < 1.29 is 13.7 Å². The molecule has 0 aliphatic heterocycles. The van der Waals surface area contributed by atoms with Gasteiger partial charge in [0.25, 0.3) is 11.4 Å². The summed E-state index contributed by atoms with van der Waals surface area (Å²) < 4.78 is 24.5. The minimum Gasteiger partial charge on any atom is -0.475 e. The second kappa shape index (κ2) is 7.22. The molecule has 1 aromatic carbocycles. The van der Waals surface area contributed by atoms with Gasteiger partial charge in [0.2, 0.25) is 11.7 Å². The van der Waals surface area contributed by atoms with E-state index in [0.29, 0.717) is 28.2 Å². The second-order valence-corrected chi connectivity index (χ2v) is 6.39. The summed E-state index contributed by atoms with van der Waals surface area (Å²) >= 11 is 0. The number of nitrogens with zero attached hydrogens (tertiary/aromatic N) is 3. The van der Waals surface area contributed by atoms with Crippen molar-refractivity contribution >= 4 is 10.9 Å². The highest BCUT2D eigenvalue weighted by atomic mass is 19.1. The van der Waals surface area contributed by atoms with Crippen LogP contribution in [0, 0.1) is 5.82 Å². The van der Waals surface area contributed by atoms with Gasteiger partial charge in [0, 0.05) is 28.7 Å². The SMILES string of the molecule is CCC(C)Oc1cc(-c2noc(-c3cc4cc(F)ccc4[nH]c3=O)n2)ccn1. The number of halogens is 1. The topological polar surface area (TPSA) is 93.9 Å². The lowest BCUT2D eigenvalue weighted by Gasteiger charge is -2.11. The van der Waals surface area contributed by atoms with Gasteiger partial charge in [-0.15, -0.1) is 0 Å². The number of aromatic nitrogens is 4. The zero-order valence-electron chi connectivity index (χ0n) is 15.3. The van der Waals surface area contributed by atoms with Gasteiger partial charge in [0.1, 0.15) is 11.4 Å². The molecule has 1 unspecified atom stereocenters. The van der Waals surface area contributed by atoms with E-state index in [4.69, 9.17) is 9.26 Å². The van der Waals surface area contributed by atoms with E-state index in [1.807, 2.05) is 13.8 Å². The summed E-state index contributed by atoms with van der Waals surface area (Å²) in [7, 11) is 0. The van der Waals surface area contributed by atoms with E-state index < -0.39 is 11.4 Å². The molecule has 0 bridgehead atoms. The first-order valence-electron chi connectivity index (χ1n) is 8.83. The van der Waals surface area contributed by atoms with E-state index in [1.54, 1.807) is 18.3 Å². The maximum atomic E-state index is 13.5. The molecule has 1 atom stereocenters. The molecule has 0 amide bonds. The van der Waals surface area contributed by atoms with Crippen molar-refractivity contribution in [2.45, 2.75) is 26.4 Å². The highest BCUT2D eigenvalue weighted by molar-refractivity contribution is 5.82. The molecule has 3 heterocycles. The molecule has 0 aliphatic carbocycles. The van der Waals surface area contributed by atoms with Gasteiger partial charge in [-0.3, -0.25) is 4.79 Å². The van der Waals surface area contributed by atoms with E-state index in [1.165, 1.54) is 24.3 Å². The van der Waals surface area contributed by atoms with Crippen LogP contribution in [0.5, 0.6) is 5.88 Å². The average molecular weight is 380 g/mol. The van der Waals surface area contributed by atoms with Crippen molar-refractivity contribution in [3.05, 3.63) is 58.8 Å². The molecular weight excluding hydrogens is 363 g/mol. The van der Waals surface area contributed by atoms with Crippen LogP contribution in [-0.4, -0.2) is 26.2 Å². The number of benzene rings is 1. The Balaban J connectivity index is 1.70. The molecule has 28 heavy (non-hydrogen) atoms. The van der Waals surface area contributed by atoms with Gasteiger partial charge in [-0.1, -0.05) is 12.1 Å². The molecule has 0 saturated heterocycles. The van der Waals surface area contributed by atoms with E-state index in [0.717, 1.165) is 6.42 Å². The smallest absolute Gasteiger partial charge is 0.263 e. The molecule has 4 aromatic rings. The van der Waals surface area contributed by atoms with Crippen LogP contribution in [0.15, 0.2) is 51.9 Å². The Bertz CT molecular complexity index is 1200. The van der Waals surface area contributed by atoms with E-state index in [2.05, 4.69) is 20.1 Å². The van der Waals surface area contributed by atoms with Gasteiger partial charge in [-0.05, 0) is 43.7 Å². The highest BCUT2D eigenvalue weighted by Crippen LogP contribution is 2.24. The van der Waals surface area contributed by atoms with Crippen LogP contribution in [0.3, 0.4) is 0 Å². The molecule has 3 aromatic heterocycles. The van der Waals surface area contributed by atoms with Crippen LogP contribution < -0.4 is 10.3 Å². The van der Waals surface area contributed by atoms with Gasteiger partial charge in [-0.2, -0.15) is 4.98 Å². The average Bonchev–Trinajstić information content (AvgIpc) is 3.18. The Morgan fingerprint density at radius 3 is 2.93 bits per heavy atom. The molecule has 142 valence electrons. The number of H-pyrrole nitrogens is 1. The van der Waals surface area contributed by atoms with Crippen molar-refractivity contribution in [3.8, 4) is 28.7 Å². The lowest BCUT2D eigenvalue weighted by Crippen LogP contribution is -2.10. The standard InChI is InChI=1S/C20H17FN4O3/c1-3-11(2)27-17-10-12(6-7-22-17)18-24-20(28-25-18)15-9-13-8-14(21)4-5-16(13)23-19(15)26/h4-11H,3H2,1-2H3,(H,23,26). The summed E-state index contributed by atoms with van der Waals surface area (Å²) in [5.74, 6) is 0.397. The van der Waals surface area contributed by atoms with Gasteiger partial charge in [0.05, 0.1) is 6.10 Å². The second-order valence-electron chi connectivity index (χ2n) is 6.39. The van der Waals surface area contributed by atoms with E-state index >= 15 is 0 Å². The molecule has 8 heteroatoms. The minimum atomic E-state index is -0.401. The Kier molecular flexibility index (Phi) is 4.60. The number of hydrogen-bond donors (Lipinski definition) is 1. The summed E-state index contributed by atoms with van der Waals surface area (Å²) in [4.78, 5) is 23.5. The van der Waals surface area contributed by atoms with Gasteiger partial charge < -0.3 is 14.2 Å². The van der Waals surface area contributed by atoms with Gasteiger partial charge in [0.15, 0.2) is 0 Å². The van der Waals surface area contributed by atoms with Crippen LogP contribution in [0.1, 0.15) is 20.3 Å². The Labute approximate surface area is 159 Å². The monoisotopic (exact) mass is 380 g/mol. The molecule has 7 nitrogen and oxygen atoms in total. The Morgan fingerprint density at radius 1 is 1.25 bits per heavy atom. The Hall–Kier alpha value is -3.55. The summed E-state index contributed by atoms with van der Waals surface area (Å²) in [6.45, 7) is 3.97. The predicted octanol–water partition coefficient (Wildman–Crippen LogP) is 3.96. The first-order chi connectivity index (χ1) is 13.5. The van der Waals surface area contributed by atoms with Crippen molar-refractivity contribution in [1.29, 1.82) is 0 Å². The molecular formula is C20H17FN4O3. The molecule has 1 N–H and O–H groups in total. The van der Waals surface area contributed by atoms with Crippen LogP contribution in [0.2, 0.25) is 0 Å². The summed E-state index contributed by atoms with van der Waals surface area (Å²) in [6.07, 6.45) is 2.47. The maximum Gasteiger partial charge on any atom is 0.263 e. The molecule has 0 fully saturated rings. The van der Waals surface area contributed by atoms with Crippen molar-refractivity contribution in [2.24, 2.45) is 0 Å². The predicted molar refractivity (Wildman–Crippen MR) is 101 cm³/mol. The zero-order chi connectivity index (χ0) is 19.7. The quantitative estimate of drug-likeness (QED) is 0.563. The highest BCUT2D eigenvalue weighted by Gasteiger charge is 2.16. The van der Waals surface area contributed by atoms with Gasteiger partial charge >= 0.3 is 0 Å². The largest absolute Gasteiger partial charge is 0.475 e. The molecule has 0 radical (unpaired) electrons. The first kappa shape index (κ1) is 17.8. The molecule has 0 saturated carbocycles. The third-order valence-corrected chi connectivity index (χ3v) is 4.35. The van der Waals surface area contributed by atoms with Crippen molar-refractivity contribution in [3.63, 3.8) is 0 Å². The number of fused-ring (bicyclic) bond motifs is 1. The number of ether oxygens (including phenoxy) is 1. The van der Waals surface area contributed by atoms with Crippen LogP contribution in [-0.2, 0) is 0 Å². The molecule has 4 rings (SSSR count). The Morgan fingerprint density at radius 2 is 2.11 bits per heavy atom. The number of hydrogen-bond acceptors (Lipinski definition) is 6. The fraction of sp³-hybridized carbons (Fsp3) is 0.200. The summed E-state index contributed by atoms with van der Waals surface area (Å²) in [5, 5.41) is 4.48. The minimum absolute atomic E-state index is 0.0279. The van der Waals surface area contributed by atoms with Crippen LogP contribution in [0.4, 0.5) is 4.39 Å². The lowest BCUT2D eigenvalue weighted by atomic mass is 10.1. The van der Waals surface area contributed by atoms with Gasteiger partial charge in [-0.25, -0.2) is 9.37 Å². The molecule has 0 aliphatic rings. The van der Waals surface area contributed by atoms with Crippen molar-refractivity contribution in [1.82, 2.24) is 20.1 Å². The number of aromatic amines is 1. The zero-order valence-corrected chi connectivity index (χ0v) is 15.3. The van der Waals surface area contributed by atoms with E-state index in [-0.39, 0.29) is 17.6 Å². The third kappa shape index (κ3) is 3.48. The summed E-state index contributed by atoms with van der Waals surface area (Å²) in [5.41, 5.74) is 0.939. The number of pyridine rings is 2. The number of rotatable bonds is 5. The summed E-state index contributed by atoms with van der Waals surface area (Å²) in [6, 6.07) is 9.07. The van der Waals surface area contributed by atoms with Crippen LogP contribution in [0.25, 0.3) is 33.7 Å². The maximum absolute atomic E-state index is 13.5. The lowest BCUT2D eigenvalue weighted by molar-refractivity contribution is 0.209. The van der Waals surface area contributed by atoms with E-state index in [9.17, 15) is 9.18 Å². The fourth-order valence-corrected chi connectivity index (χ4v) is 2.69. The van der Waals surface area contributed by atoms with Crippen LogP contribution >= 0.6 is 0 Å². The molecule has 0 spiro atoms. The number of nitrogens with one attached hydrogen (secondary N) is 1.